The van der Waals surface area contributed by atoms with Gasteiger partial charge in [-0.2, -0.15) is 13.2 Å². The standard InChI is InChI=1S/C19H20F3N3O3S/c1-2-3-4-10-28-15-8-7-12(11-14(15)19(20,21)22)24-18(29)25-17(27)13-6-5-9-23-16(13)26/h5-9,11H,2-4,10H2,1H3,(H,23,26)(H2,24,25,27,29). The van der Waals surface area contributed by atoms with Crippen LogP contribution in [0.3, 0.4) is 0 Å². The van der Waals surface area contributed by atoms with Crippen molar-refractivity contribution < 1.29 is 22.7 Å². The largest absolute Gasteiger partial charge is 0.493 e. The number of halogens is 3. The van der Waals surface area contributed by atoms with Crippen molar-refractivity contribution in [2.24, 2.45) is 0 Å². The van der Waals surface area contributed by atoms with Crippen LogP contribution in [0.5, 0.6) is 5.75 Å². The third kappa shape index (κ3) is 6.60. The van der Waals surface area contributed by atoms with Gasteiger partial charge < -0.3 is 15.0 Å². The van der Waals surface area contributed by atoms with Crippen LogP contribution >= 0.6 is 12.2 Å². The molecular weight excluding hydrogens is 407 g/mol. The van der Waals surface area contributed by atoms with Gasteiger partial charge in [0, 0.05) is 11.9 Å². The number of hydrogen-bond donors (Lipinski definition) is 3. The number of aromatic amines is 1. The monoisotopic (exact) mass is 427 g/mol. The highest BCUT2D eigenvalue weighted by Gasteiger charge is 2.34. The summed E-state index contributed by atoms with van der Waals surface area (Å²) in [6.07, 6.45) is -0.821. The number of H-pyrrole nitrogens is 1. The summed E-state index contributed by atoms with van der Waals surface area (Å²) in [5.41, 5.74) is -1.72. The third-order valence-corrected chi connectivity index (χ3v) is 4.04. The molecule has 0 saturated carbocycles. The first-order valence-corrected chi connectivity index (χ1v) is 9.27. The normalized spacial score (nSPS) is 11.0. The van der Waals surface area contributed by atoms with E-state index in [1.54, 1.807) is 0 Å². The second-order valence-corrected chi connectivity index (χ2v) is 6.49. The van der Waals surface area contributed by atoms with Crippen molar-refractivity contribution in [3.63, 3.8) is 0 Å². The van der Waals surface area contributed by atoms with Crippen LogP contribution in [0, 0.1) is 0 Å². The quantitative estimate of drug-likeness (QED) is 0.458. The number of unbranched alkanes of at least 4 members (excludes halogenated alkanes) is 2. The second-order valence-electron chi connectivity index (χ2n) is 6.09. The van der Waals surface area contributed by atoms with Gasteiger partial charge in [-0.15, -0.1) is 0 Å². The maximum absolute atomic E-state index is 13.4. The number of rotatable bonds is 7. The van der Waals surface area contributed by atoms with E-state index < -0.39 is 23.2 Å². The van der Waals surface area contributed by atoms with Crippen LogP contribution in [-0.2, 0) is 6.18 Å². The number of ether oxygens (including phenoxy) is 1. The van der Waals surface area contributed by atoms with Gasteiger partial charge in [0.05, 0.1) is 12.2 Å². The number of alkyl halides is 3. The molecule has 0 atom stereocenters. The molecule has 0 unspecified atom stereocenters. The minimum Gasteiger partial charge on any atom is -0.493 e. The van der Waals surface area contributed by atoms with Crippen LogP contribution in [0.15, 0.2) is 41.3 Å². The summed E-state index contributed by atoms with van der Waals surface area (Å²) < 4.78 is 45.4. The molecule has 0 bridgehead atoms. The Kier molecular flexibility index (Phi) is 7.77. The molecule has 6 nitrogen and oxygen atoms in total. The lowest BCUT2D eigenvalue weighted by atomic mass is 10.1. The van der Waals surface area contributed by atoms with Crippen molar-refractivity contribution in [3.8, 4) is 5.75 Å². The number of benzene rings is 1. The summed E-state index contributed by atoms with van der Waals surface area (Å²) in [7, 11) is 0. The van der Waals surface area contributed by atoms with Crippen molar-refractivity contribution >= 4 is 28.9 Å². The van der Waals surface area contributed by atoms with Gasteiger partial charge >= 0.3 is 6.18 Å². The van der Waals surface area contributed by atoms with Gasteiger partial charge in [-0.3, -0.25) is 14.9 Å². The van der Waals surface area contributed by atoms with E-state index in [-0.39, 0.29) is 28.7 Å². The Labute approximate surface area is 170 Å². The van der Waals surface area contributed by atoms with Gasteiger partial charge in [-0.05, 0) is 49.0 Å². The van der Waals surface area contributed by atoms with Crippen molar-refractivity contribution in [3.05, 3.63) is 58.0 Å². The lowest BCUT2D eigenvalue weighted by molar-refractivity contribution is -0.138. The Hall–Kier alpha value is -2.88. The smallest absolute Gasteiger partial charge is 0.420 e. The van der Waals surface area contributed by atoms with Crippen LogP contribution in [0.4, 0.5) is 18.9 Å². The Morgan fingerprint density at radius 1 is 1.24 bits per heavy atom. The van der Waals surface area contributed by atoms with Gasteiger partial charge in [-0.25, -0.2) is 0 Å². The predicted molar refractivity (Wildman–Crippen MR) is 107 cm³/mol. The summed E-state index contributed by atoms with van der Waals surface area (Å²) in [5, 5.41) is 4.52. The number of thiocarbonyl (C=S) groups is 1. The number of hydrogen-bond acceptors (Lipinski definition) is 4. The lowest BCUT2D eigenvalue weighted by Crippen LogP contribution is -2.36. The van der Waals surface area contributed by atoms with Crippen LogP contribution < -0.4 is 20.9 Å². The van der Waals surface area contributed by atoms with Gasteiger partial charge in [-0.1, -0.05) is 19.8 Å². The highest BCUT2D eigenvalue weighted by atomic mass is 32.1. The summed E-state index contributed by atoms with van der Waals surface area (Å²) in [5.74, 6) is -1.05. The zero-order chi connectivity index (χ0) is 21.4. The van der Waals surface area contributed by atoms with Gasteiger partial charge in [0.2, 0.25) is 0 Å². The lowest BCUT2D eigenvalue weighted by Gasteiger charge is -2.16. The molecule has 0 aliphatic rings. The molecule has 0 spiro atoms. The van der Waals surface area contributed by atoms with Crippen LogP contribution in [0.25, 0.3) is 0 Å². The number of carbonyl (C=O) groups is 1. The molecule has 0 fully saturated rings. The van der Waals surface area contributed by atoms with Crippen molar-refractivity contribution in [2.75, 3.05) is 11.9 Å². The first-order valence-electron chi connectivity index (χ1n) is 8.86. The molecule has 2 rings (SSSR count). The SMILES string of the molecule is CCCCCOc1ccc(NC(=S)NC(=O)c2ccc[nH]c2=O)cc1C(F)(F)F. The fourth-order valence-electron chi connectivity index (χ4n) is 2.42. The fourth-order valence-corrected chi connectivity index (χ4v) is 2.63. The first-order chi connectivity index (χ1) is 13.7. The maximum Gasteiger partial charge on any atom is 0.420 e. The van der Waals surface area contributed by atoms with E-state index in [2.05, 4.69) is 15.6 Å². The van der Waals surface area contributed by atoms with E-state index >= 15 is 0 Å². The molecular formula is C19H20F3N3O3S. The number of anilines is 1. The summed E-state index contributed by atoms with van der Waals surface area (Å²) in [4.78, 5) is 26.0. The maximum atomic E-state index is 13.4. The van der Waals surface area contributed by atoms with Gasteiger partial charge in [0.1, 0.15) is 11.3 Å². The van der Waals surface area contributed by atoms with Crippen molar-refractivity contribution in [2.45, 2.75) is 32.4 Å². The zero-order valence-electron chi connectivity index (χ0n) is 15.6. The number of aromatic nitrogens is 1. The van der Waals surface area contributed by atoms with Crippen molar-refractivity contribution in [1.82, 2.24) is 10.3 Å². The Morgan fingerprint density at radius 3 is 2.66 bits per heavy atom. The van der Waals surface area contributed by atoms with E-state index in [1.807, 2.05) is 6.92 Å². The molecule has 0 radical (unpaired) electrons. The average molecular weight is 427 g/mol. The number of nitrogens with one attached hydrogen (secondary N) is 3. The molecule has 3 N–H and O–H groups in total. The minimum absolute atomic E-state index is 0.0190. The molecule has 2 aromatic rings. The molecule has 0 saturated heterocycles. The molecule has 1 aromatic heterocycles. The Balaban J connectivity index is 2.09. The molecule has 1 amide bonds. The molecule has 1 heterocycles. The zero-order valence-corrected chi connectivity index (χ0v) is 16.4. The molecule has 0 aliphatic heterocycles. The Morgan fingerprint density at radius 2 is 2.00 bits per heavy atom. The third-order valence-electron chi connectivity index (χ3n) is 3.84. The Bertz CT molecular complexity index is 929. The number of amides is 1. The van der Waals surface area contributed by atoms with E-state index in [0.29, 0.717) is 6.42 Å². The van der Waals surface area contributed by atoms with Crippen LogP contribution in [0.2, 0.25) is 0 Å². The van der Waals surface area contributed by atoms with Crippen LogP contribution in [-0.4, -0.2) is 22.6 Å². The minimum atomic E-state index is -4.63. The number of carbonyl (C=O) groups excluding carboxylic acids is 1. The molecule has 29 heavy (non-hydrogen) atoms. The molecule has 0 aliphatic carbocycles. The molecule has 10 heteroatoms. The summed E-state index contributed by atoms with van der Waals surface area (Å²) in [6.45, 7) is 2.17. The number of pyridine rings is 1. The summed E-state index contributed by atoms with van der Waals surface area (Å²) >= 11 is 4.96. The van der Waals surface area contributed by atoms with E-state index in [9.17, 15) is 22.8 Å². The van der Waals surface area contributed by atoms with E-state index in [1.165, 1.54) is 30.5 Å². The van der Waals surface area contributed by atoms with Crippen LogP contribution in [0.1, 0.15) is 42.1 Å². The van der Waals surface area contributed by atoms with Crippen molar-refractivity contribution in [1.29, 1.82) is 0 Å². The second kappa shape index (κ2) is 10.1. The van der Waals surface area contributed by atoms with E-state index in [4.69, 9.17) is 17.0 Å². The highest BCUT2D eigenvalue weighted by molar-refractivity contribution is 7.80. The topological polar surface area (TPSA) is 83.2 Å². The first kappa shape index (κ1) is 22.4. The van der Waals surface area contributed by atoms with Gasteiger partial charge in [0.15, 0.2) is 5.11 Å². The fraction of sp³-hybridized carbons (Fsp3) is 0.316. The van der Waals surface area contributed by atoms with Gasteiger partial charge in [0.25, 0.3) is 11.5 Å². The predicted octanol–water partition coefficient (Wildman–Crippen LogP) is 4.09. The van der Waals surface area contributed by atoms with E-state index in [0.717, 1.165) is 18.9 Å². The summed E-state index contributed by atoms with van der Waals surface area (Å²) in [6, 6.07) is 6.16. The average Bonchev–Trinajstić information content (AvgIpc) is 2.65. The highest BCUT2D eigenvalue weighted by Crippen LogP contribution is 2.38. The molecule has 1 aromatic carbocycles. The molecule has 156 valence electrons.